The molecule has 2 heterocycles. The number of ether oxygens (including phenoxy) is 1. The number of aliphatic hydroxyl groups excluding tert-OH is 1. The van der Waals surface area contributed by atoms with Crippen LogP contribution in [0.5, 0.6) is 0 Å². The molecule has 1 fully saturated rings. The predicted molar refractivity (Wildman–Crippen MR) is 91.4 cm³/mol. The fourth-order valence-corrected chi connectivity index (χ4v) is 4.87. The van der Waals surface area contributed by atoms with Crippen molar-refractivity contribution >= 4 is 29.1 Å². The Labute approximate surface area is 140 Å². The minimum absolute atomic E-state index is 0.0444. The maximum absolute atomic E-state index is 12.0. The van der Waals surface area contributed by atoms with Gasteiger partial charge in [-0.3, -0.25) is 4.79 Å². The number of nitrogens with zero attached hydrogens (tertiary/aromatic N) is 1. The average molecular weight is 344 g/mol. The van der Waals surface area contributed by atoms with Gasteiger partial charge in [0.15, 0.2) is 0 Å². The van der Waals surface area contributed by atoms with Crippen LogP contribution >= 0.6 is 23.1 Å². The smallest absolute Gasteiger partial charge is 0.310 e. The third-order valence-electron chi connectivity index (χ3n) is 4.22. The van der Waals surface area contributed by atoms with Crippen molar-refractivity contribution in [2.45, 2.75) is 23.5 Å². The molecule has 1 saturated heterocycles. The van der Waals surface area contributed by atoms with Crippen LogP contribution in [-0.4, -0.2) is 55.1 Å². The topological polar surface area (TPSA) is 49.8 Å². The summed E-state index contributed by atoms with van der Waals surface area (Å²) >= 11 is 3.65. The normalized spacial score (nSPS) is 22.6. The summed E-state index contributed by atoms with van der Waals surface area (Å²) in [5, 5.41) is 11.1. The van der Waals surface area contributed by atoms with Gasteiger partial charge in [-0.1, -0.05) is 6.07 Å². The molecule has 0 bridgehead atoms. The van der Waals surface area contributed by atoms with E-state index < -0.39 is 0 Å². The molecular weight excluding hydrogens is 318 g/mol. The highest BCUT2D eigenvalue weighted by molar-refractivity contribution is 8.01. The van der Waals surface area contributed by atoms with Gasteiger partial charge in [-0.25, -0.2) is 0 Å². The Kier molecular flexibility index (Phi) is 7.72. The molecule has 0 spiro atoms. The standard InChI is InChI=1S/C16H25NO3S2/c1-20-16(19)14-12-17(7-6-13(14)4-2-9-18)8-11-22-15-5-3-10-21-15/h3,5,10,13-14,18H,2,4,6-9,11-12H2,1H3. The van der Waals surface area contributed by atoms with Gasteiger partial charge in [0, 0.05) is 25.4 Å². The van der Waals surface area contributed by atoms with Crippen molar-refractivity contribution in [1.82, 2.24) is 4.90 Å². The predicted octanol–water partition coefficient (Wildman–Crippen LogP) is 2.72. The maximum Gasteiger partial charge on any atom is 0.310 e. The first-order valence-corrected chi connectivity index (χ1v) is 9.68. The van der Waals surface area contributed by atoms with Gasteiger partial charge in [0.25, 0.3) is 0 Å². The maximum atomic E-state index is 12.0. The summed E-state index contributed by atoms with van der Waals surface area (Å²) in [7, 11) is 1.47. The second-order valence-corrected chi connectivity index (χ2v) is 7.97. The number of carbonyl (C=O) groups excluding carboxylic acids is 1. The van der Waals surface area contributed by atoms with Crippen LogP contribution < -0.4 is 0 Å². The highest BCUT2D eigenvalue weighted by Crippen LogP contribution is 2.29. The number of esters is 1. The zero-order valence-electron chi connectivity index (χ0n) is 13.1. The molecule has 1 aliphatic rings. The molecule has 4 nitrogen and oxygen atoms in total. The summed E-state index contributed by atoms with van der Waals surface area (Å²) in [5.41, 5.74) is 0. The highest BCUT2D eigenvalue weighted by Gasteiger charge is 2.34. The van der Waals surface area contributed by atoms with E-state index in [9.17, 15) is 4.79 Å². The third kappa shape index (κ3) is 5.26. The van der Waals surface area contributed by atoms with Crippen molar-refractivity contribution in [2.75, 3.05) is 39.1 Å². The summed E-state index contributed by atoms with van der Waals surface area (Å²) in [6, 6.07) is 4.22. The van der Waals surface area contributed by atoms with Crippen LogP contribution in [0.3, 0.4) is 0 Å². The molecule has 1 aromatic heterocycles. The number of carbonyl (C=O) groups is 1. The van der Waals surface area contributed by atoms with Crippen molar-refractivity contribution in [1.29, 1.82) is 0 Å². The van der Waals surface area contributed by atoms with Crippen LogP contribution in [-0.2, 0) is 9.53 Å². The minimum Gasteiger partial charge on any atom is -0.469 e. The van der Waals surface area contributed by atoms with Crippen molar-refractivity contribution in [3.8, 4) is 0 Å². The largest absolute Gasteiger partial charge is 0.469 e. The number of piperidine rings is 1. The van der Waals surface area contributed by atoms with Crippen molar-refractivity contribution in [3.63, 3.8) is 0 Å². The lowest BCUT2D eigenvalue weighted by Gasteiger charge is -2.37. The highest BCUT2D eigenvalue weighted by atomic mass is 32.2. The fourth-order valence-electron chi connectivity index (χ4n) is 3.01. The third-order valence-corrected chi connectivity index (χ3v) is 6.34. The molecule has 0 amide bonds. The SMILES string of the molecule is COC(=O)C1CN(CCSc2cccs2)CCC1CCCO. The van der Waals surface area contributed by atoms with Gasteiger partial charge >= 0.3 is 5.97 Å². The molecular formula is C16H25NO3S2. The van der Waals surface area contributed by atoms with Crippen LogP contribution in [0.15, 0.2) is 21.7 Å². The number of hydrogen-bond acceptors (Lipinski definition) is 6. The lowest BCUT2D eigenvalue weighted by atomic mass is 9.82. The van der Waals surface area contributed by atoms with E-state index in [1.54, 1.807) is 11.3 Å². The van der Waals surface area contributed by atoms with Crippen LogP contribution in [0, 0.1) is 11.8 Å². The lowest BCUT2D eigenvalue weighted by molar-refractivity contribution is -0.150. The Bertz CT molecular complexity index is 439. The first kappa shape index (κ1) is 17.8. The van der Waals surface area contributed by atoms with Gasteiger partial charge in [0.2, 0.25) is 0 Å². The Morgan fingerprint density at radius 1 is 1.59 bits per heavy atom. The summed E-state index contributed by atoms with van der Waals surface area (Å²) in [6.07, 6.45) is 2.70. The van der Waals surface area contributed by atoms with Crippen LogP contribution in [0.1, 0.15) is 19.3 Å². The molecule has 0 saturated carbocycles. The van der Waals surface area contributed by atoms with Gasteiger partial charge in [0.05, 0.1) is 17.2 Å². The van der Waals surface area contributed by atoms with Crippen LogP contribution in [0.25, 0.3) is 0 Å². The van der Waals surface area contributed by atoms with E-state index in [0.717, 1.165) is 44.6 Å². The number of rotatable bonds is 8. The monoisotopic (exact) mass is 343 g/mol. The zero-order chi connectivity index (χ0) is 15.8. The van der Waals surface area contributed by atoms with Gasteiger partial charge in [-0.2, -0.15) is 0 Å². The molecule has 6 heteroatoms. The van der Waals surface area contributed by atoms with E-state index in [1.807, 2.05) is 11.8 Å². The second-order valence-electron chi connectivity index (χ2n) is 5.63. The van der Waals surface area contributed by atoms with E-state index in [4.69, 9.17) is 9.84 Å². The zero-order valence-corrected chi connectivity index (χ0v) is 14.7. The molecule has 0 aromatic carbocycles. The Balaban J connectivity index is 1.80. The molecule has 2 unspecified atom stereocenters. The second kappa shape index (κ2) is 9.55. The number of thiophene rings is 1. The molecule has 1 N–H and O–H groups in total. The first-order chi connectivity index (χ1) is 10.7. The Hall–Kier alpha value is -0.560. The molecule has 1 aliphatic heterocycles. The van der Waals surface area contributed by atoms with Crippen molar-refractivity contribution in [2.24, 2.45) is 11.8 Å². The van der Waals surface area contributed by atoms with Gasteiger partial charge in [-0.15, -0.1) is 23.1 Å². The molecule has 124 valence electrons. The van der Waals surface area contributed by atoms with Crippen molar-refractivity contribution in [3.05, 3.63) is 17.5 Å². The lowest BCUT2D eigenvalue weighted by Crippen LogP contribution is -2.45. The van der Waals surface area contributed by atoms with Crippen LogP contribution in [0.4, 0.5) is 0 Å². The summed E-state index contributed by atoms with van der Waals surface area (Å²) in [6.45, 7) is 3.02. The first-order valence-electron chi connectivity index (χ1n) is 7.82. The summed E-state index contributed by atoms with van der Waals surface area (Å²) in [5.74, 6) is 1.26. The molecule has 2 atom stereocenters. The van der Waals surface area contributed by atoms with E-state index in [1.165, 1.54) is 11.3 Å². The van der Waals surface area contributed by atoms with E-state index in [-0.39, 0.29) is 18.5 Å². The molecule has 1 aromatic rings. The number of likely N-dealkylation sites (tertiary alicyclic amines) is 1. The van der Waals surface area contributed by atoms with E-state index >= 15 is 0 Å². The Morgan fingerprint density at radius 2 is 2.45 bits per heavy atom. The number of aliphatic hydroxyl groups is 1. The Morgan fingerprint density at radius 3 is 3.14 bits per heavy atom. The van der Waals surface area contributed by atoms with E-state index in [2.05, 4.69) is 22.4 Å². The summed E-state index contributed by atoms with van der Waals surface area (Å²) < 4.78 is 6.33. The minimum atomic E-state index is -0.0986. The number of thioether (sulfide) groups is 1. The molecule has 0 aliphatic carbocycles. The van der Waals surface area contributed by atoms with Gasteiger partial charge in [-0.05, 0) is 43.2 Å². The molecule has 22 heavy (non-hydrogen) atoms. The molecule has 2 rings (SSSR count). The van der Waals surface area contributed by atoms with Crippen molar-refractivity contribution < 1.29 is 14.6 Å². The quantitative estimate of drug-likeness (QED) is 0.581. The van der Waals surface area contributed by atoms with Gasteiger partial charge < -0.3 is 14.7 Å². The summed E-state index contributed by atoms with van der Waals surface area (Å²) in [4.78, 5) is 14.4. The average Bonchev–Trinajstić information content (AvgIpc) is 3.06. The molecule has 0 radical (unpaired) electrons. The van der Waals surface area contributed by atoms with Crippen LogP contribution in [0.2, 0.25) is 0 Å². The number of methoxy groups -OCH3 is 1. The van der Waals surface area contributed by atoms with Gasteiger partial charge in [0.1, 0.15) is 0 Å². The number of hydrogen-bond donors (Lipinski definition) is 1. The van der Waals surface area contributed by atoms with E-state index in [0.29, 0.717) is 5.92 Å². The fraction of sp³-hybridized carbons (Fsp3) is 0.688.